The first kappa shape index (κ1) is 18.6. The van der Waals surface area contributed by atoms with Crippen LogP contribution in [0.5, 0.6) is 0 Å². The highest BCUT2D eigenvalue weighted by Crippen LogP contribution is 2.53. The molecular weight excluding hydrogens is 322 g/mol. The molecule has 0 aliphatic carbocycles. The molecule has 0 aliphatic rings. The smallest absolute Gasteiger partial charge is 0.137 e. The normalized spacial score (nSPS) is 16.3. The van der Waals surface area contributed by atoms with Crippen molar-refractivity contribution in [3.8, 4) is 0 Å². The van der Waals surface area contributed by atoms with Crippen molar-refractivity contribution in [2.24, 2.45) is 0 Å². The largest absolute Gasteiger partial charge is 0.317 e. The topological polar surface area (TPSA) is 42.9 Å². The highest BCUT2D eigenvalue weighted by atomic mass is 31.2. The van der Waals surface area contributed by atoms with Crippen molar-refractivity contribution in [1.82, 2.24) is 9.97 Å². The maximum Gasteiger partial charge on any atom is 0.137 e. The quantitative estimate of drug-likeness (QED) is 0.741. The summed E-state index contributed by atoms with van der Waals surface area (Å²) in [7, 11) is -3.05. The van der Waals surface area contributed by atoms with Gasteiger partial charge in [-0.2, -0.15) is 0 Å². The number of nitrogens with zero attached hydrogens (tertiary/aromatic N) is 2. The average Bonchev–Trinajstić information content (AvgIpc) is 2.50. The fraction of sp³-hybridized carbons (Fsp3) is 0.556. The van der Waals surface area contributed by atoms with Crippen molar-refractivity contribution >= 4 is 37.0 Å². The lowest BCUT2D eigenvalue weighted by Gasteiger charge is -2.30. The van der Waals surface area contributed by atoms with Gasteiger partial charge in [-0.1, -0.05) is 54.2 Å². The van der Waals surface area contributed by atoms with E-state index >= 15 is 0 Å². The fourth-order valence-corrected chi connectivity index (χ4v) is 6.47. The number of aromatic nitrogens is 2. The average molecular weight is 350 g/mol. The third kappa shape index (κ3) is 3.83. The summed E-state index contributed by atoms with van der Waals surface area (Å²) in [6, 6.07) is 7.91. The zero-order valence-electron chi connectivity index (χ0n) is 15.1. The second-order valence-electron chi connectivity index (χ2n) is 7.23. The monoisotopic (exact) mass is 350 g/mol. The number of rotatable bonds is 5. The molecule has 2 aromatic rings. The van der Waals surface area contributed by atoms with Crippen LogP contribution in [0.1, 0.15) is 40.5 Å². The highest BCUT2D eigenvalue weighted by Gasteiger charge is 2.38. The molecule has 23 heavy (non-hydrogen) atoms. The van der Waals surface area contributed by atoms with Crippen molar-refractivity contribution in [2.75, 3.05) is 19.5 Å². The minimum atomic E-state index is -2.61. The zero-order valence-corrected chi connectivity index (χ0v) is 16.9. The molecule has 0 fully saturated rings. The number of para-hydroxylation sites is 2. The lowest BCUT2D eigenvalue weighted by Crippen LogP contribution is -2.35. The van der Waals surface area contributed by atoms with Crippen molar-refractivity contribution < 1.29 is 4.57 Å². The molecule has 0 N–H and O–H groups in total. The van der Waals surface area contributed by atoms with E-state index in [1.807, 2.05) is 51.7 Å². The molecule has 0 amide bonds. The molecule has 1 unspecified atom stereocenters. The summed E-state index contributed by atoms with van der Waals surface area (Å²) in [6.07, 6.45) is 3.47. The molecule has 0 saturated carbocycles. The first-order valence-corrected chi connectivity index (χ1v) is 12.4. The maximum atomic E-state index is 13.6. The molecule has 0 spiro atoms. The summed E-state index contributed by atoms with van der Waals surface area (Å²) in [5.74, 6) is 0. The van der Waals surface area contributed by atoms with Gasteiger partial charge >= 0.3 is 0 Å². The molecule has 1 heterocycles. The second kappa shape index (κ2) is 6.99. The van der Waals surface area contributed by atoms with Gasteiger partial charge in [0, 0.05) is 5.16 Å². The van der Waals surface area contributed by atoms with Gasteiger partial charge in [-0.3, -0.25) is 0 Å². The third-order valence-electron chi connectivity index (χ3n) is 4.43. The number of hydrogen-bond acceptors (Lipinski definition) is 3. The van der Waals surface area contributed by atoms with E-state index in [1.54, 1.807) is 0 Å². The summed E-state index contributed by atoms with van der Waals surface area (Å²) in [5.41, 5.74) is 3.50. The lowest BCUT2D eigenvalue weighted by atomic mass is 10.3. The van der Waals surface area contributed by atoms with Gasteiger partial charge in [0.1, 0.15) is 12.6 Å². The van der Waals surface area contributed by atoms with Crippen molar-refractivity contribution in [1.29, 1.82) is 0 Å². The third-order valence-corrected chi connectivity index (χ3v) is 10.3. The van der Waals surface area contributed by atoms with Gasteiger partial charge in [0.05, 0.1) is 16.5 Å². The lowest BCUT2D eigenvalue weighted by molar-refractivity contribution is 0.560. The van der Waals surface area contributed by atoms with Gasteiger partial charge in [0.25, 0.3) is 0 Å². The zero-order chi connectivity index (χ0) is 17.3. The molecule has 126 valence electrons. The van der Waals surface area contributed by atoms with E-state index in [0.717, 1.165) is 28.1 Å². The molecule has 5 heteroatoms. The number of hydrogen-bond donors (Lipinski definition) is 0. The Bertz CT molecular complexity index is 737. The Labute approximate surface area is 141 Å². The summed E-state index contributed by atoms with van der Waals surface area (Å²) in [4.78, 5) is 9.73. The van der Waals surface area contributed by atoms with Crippen LogP contribution >= 0.6 is 15.1 Å². The van der Waals surface area contributed by atoms with E-state index in [4.69, 9.17) is 9.97 Å². The van der Waals surface area contributed by atoms with Gasteiger partial charge < -0.3 is 4.57 Å². The van der Waals surface area contributed by atoms with Crippen molar-refractivity contribution in [2.45, 2.75) is 45.7 Å². The van der Waals surface area contributed by atoms with Gasteiger partial charge in [0.2, 0.25) is 0 Å². The van der Waals surface area contributed by atoms with Crippen LogP contribution in [0.4, 0.5) is 0 Å². The maximum absolute atomic E-state index is 13.6. The van der Waals surface area contributed by atoms with Crippen LogP contribution in [-0.4, -0.2) is 34.6 Å². The number of unbranched alkanes of at least 4 members (excludes halogenated alkanes) is 1. The van der Waals surface area contributed by atoms with E-state index in [1.165, 1.54) is 12.8 Å². The predicted molar refractivity (Wildman–Crippen MR) is 105 cm³/mol. The molecule has 0 bridgehead atoms. The van der Waals surface area contributed by atoms with E-state index in [9.17, 15) is 4.57 Å². The molecule has 0 aliphatic heterocycles. The molecule has 2 rings (SSSR count). The Morgan fingerprint density at radius 3 is 2.22 bits per heavy atom. The van der Waals surface area contributed by atoms with Crippen LogP contribution in [0.3, 0.4) is 0 Å². The first-order valence-electron chi connectivity index (χ1n) is 8.24. The Kier molecular flexibility index (Phi) is 5.64. The number of benzene rings is 1. The van der Waals surface area contributed by atoms with Crippen LogP contribution in [0.2, 0.25) is 0 Å². The van der Waals surface area contributed by atoms with Crippen LogP contribution < -0.4 is 10.9 Å². The highest BCUT2D eigenvalue weighted by molar-refractivity contribution is 7.75. The Morgan fingerprint density at radius 1 is 1.13 bits per heavy atom. The van der Waals surface area contributed by atoms with Crippen LogP contribution in [0.25, 0.3) is 11.0 Å². The van der Waals surface area contributed by atoms with Gasteiger partial charge in [-0.15, -0.1) is 0 Å². The molecule has 3 nitrogen and oxygen atoms in total. The minimum Gasteiger partial charge on any atom is -0.317 e. The number of fused-ring (bicyclic) bond motifs is 1. The van der Waals surface area contributed by atoms with E-state index in [2.05, 4.69) is 13.6 Å². The van der Waals surface area contributed by atoms with Crippen LogP contribution in [0, 0.1) is 0 Å². The summed E-state index contributed by atoms with van der Waals surface area (Å²) < 4.78 is 13.6. The SMILES string of the molecule is CCCCP(C)c1nc2ccccc2nc1[P@](C)(=O)C(C)(C)C. The van der Waals surface area contributed by atoms with E-state index < -0.39 is 15.1 Å². The van der Waals surface area contributed by atoms with Crippen LogP contribution in [-0.2, 0) is 4.57 Å². The molecule has 2 atom stereocenters. The first-order chi connectivity index (χ1) is 10.7. The van der Waals surface area contributed by atoms with E-state index in [0.29, 0.717) is 0 Å². The molecular formula is C18H28N2OP2. The van der Waals surface area contributed by atoms with Crippen LogP contribution in [0.15, 0.2) is 24.3 Å². The van der Waals surface area contributed by atoms with Crippen molar-refractivity contribution in [3.63, 3.8) is 0 Å². The molecule has 1 aromatic heterocycles. The Morgan fingerprint density at radius 2 is 1.70 bits per heavy atom. The molecule has 0 saturated heterocycles. The van der Waals surface area contributed by atoms with Gasteiger partial charge in [-0.25, -0.2) is 9.97 Å². The minimum absolute atomic E-state index is 0.306. The van der Waals surface area contributed by atoms with Crippen molar-refractivity contribution in [3.05, 3.63) is 24.3 Å². The summed E-state index contributed by atoms with van der Waals surface area (Å²) in [6.45, 7) is 12.4. The Hall–Kier alpha value is -0.780. The van der Waals surface area contributed by atoms with E-state index in [-0.39, 0.29) is 5.16 Å². The molecule has 0 radical (unpaired) electrons. The fourth-order valence-electron chi connectivity index (χ4n) is 2.34. The summed E-state index contributed by atoms with van der Waals surface area (Å²) >= 11 is 0. The summed E-state index contributed by atoms with van der Waals surface area (Å²) in [5, 5.41) is -0.306. The molecule has 1 aromatic carbocycles. The standard InChI is InChI=1S/C18H28N2OP2/c1-7-8-13-22(5)16-17(23(6,21)18(2,3)4)20-15-12-10-9-11-14(15)19-16/h9-12H,7-8,13H2,1-6H3/t22?,23-/m0/s1. The second-order valence-corrected chi connectivity index (χ2v) is 13.1. The predicted octanol–water partition coefficient (Wildman–Crippen LogP) is 4.58. The Balaban J connectivity index is 2.67. The van der Waals surface area contributed by atoms with Gasteiger partial charge in [-0.05, 0) is 38.0 Å². The van der Waals surface area contributed by atoms with Gasteiger partial charge in [0.15, 0.2) is 0 Å².